The van der Waals surface area contributed by atoms with Gasteiger partial charge in [-0.05, 0) is 61.6 Å². The van der Waals surface area contributed by atoms with Crippen molar-refractivity contribution in [3.63, 3.8) is 0 Å². The van der Waals surface area contributed by atoms with Crippen molar-refractivity contribution in [1.82, 2.24) is 9.97 Å². The third kappa shape index (κ3) is 3.64. The van der Waals surface area contributed by atoms with E-state index < -0.39 is 0 Å². The zero-order chi connectivity index (χ0) is 21.8. The Hall–Kier alpha value is -2.38. The number of nitrogen functional groups attached to an aromatic ring is 1. The second-order valence-electron chi connectivity index (χ2n) is 10.0. The lowest BCUT2D eigenvalue weighted by molar-refractivity contribution is 0.147. The zero-order valence-electron chi connectivity index (χ0n) is 18.5. The van der Waals surface area contributed by atoms with Gasteiger partial charge in [0.1, 0.15) is 17.9 Å². The van der Waals surface area contributed by atoms with Gasteiger partial charge in [-0.15, -0.1) is 0 Å². The van der Waals surface area contributed by atoms with Gasteiger partial charge in [0.25, 0.3) is 0 Å². The molecule has 1 saturated carbocycles. The van der Waals surface area contributed by atoms with Crippen LogP contribution in [0.2, 0.25) is 0 Å². The molecule has 0 radical (unpaired) electrons. The molecule has 2 heterocycles. The summed E-state index contributed by atoms with van der Waals surface area (Å²) in [4.78, 5) is 11.2. The van der Waals surface area contributed by atoms with Gasteiger partial charge in [0.15, 0.2) is 0 Å². The Morgan fingerprint density at radius 3 is 2.61 bits per heavy atom. The van der Waals surface area contributed by atoms with E-state index in [-0.39, 0.29) is 17.6 Å². The van der Waals surface area contributed by atoms with Gasteiger partial charge < -0.3 is 26.2 Å². The molecule has 1 unspecified atom stereocenters. The van der Waals surface area contributed by atoms with Crippen LogP contribution in [-0.2, 0) is 11.8 Å². The lowest BCUT2D eigenvalue weighted by Gasteiger charge is -2.37. The largest absolute Gasteiger partial charge is 0.488 e. The van der Waals surface area contributed by atoms with Crippen LogP contribution in [0, 0.1) is 0 Å². The van der Waals surface area contributed by atoms with E-state index in [1.165, 1.54) is 5.56 Å². The van der Waals surface area contributed by atoms with Gasteiger partial charge in [-0.1, -0.05) is 13.8 Å². The molecule has 5 N–H and O–H groups in total. The maximum absolute atomic E-state index is 10.3. The highest BCUT2D eigenvalue weighted by Crippen LogP contribution is 2.50. The number of aliphatic hydroxyl groups is 1. The number of rotatable bonds is 3. The molecule has 3 aliphatic rings. The van der Waals surface area contributed by atoms with Crippen molar-refractivity contribution >= 4 is 11.5 Å². The number of anilines is 2. The maximum atomic E-state index is 10.3. The highest BCUT2D eigenvalue weighted by atomic mass is 16.5. The molecule has 7 nitrogen and oxygen atoms in total. The Labute approximate surface area is 183 Å². The van der Waals surface area contributed by atoms with E-state index in [1.807, 2.05) is 0 Å². The molecule has 5 rings (SSSR count). The number of hydrogen-bond acceptors (Lipinski definition) is 7. The van der Waals surface area contributed by atoms with Gasteiger partial charge in [-0.25, -0.2) is 9.97 Å². The first-order chi connectivity index (χ1) is 14.8. The van der Waals surface area contributed by atoms with E-state index in [0.29, 0.717) is 18.4 Å². The Bertz CT molecular complexity index is 984. The molecule has 0 bridgehead atoms. The molecule has 7 heteroatoms. The number of fused-ring (bicyclic) bond motifs is 3. The molecule has 1 atom stereocenters. The molecule has 0 spiro atoms. The molecule has 1 aliphatic heterocycles. The summed E-state index contributed by atoms with van der Waals surface area (Å²) in [6.07, 6.45) is 7.00. The van der Waals surface area contributed by atoms with Crippen molar-refractivity contribution in [2.24, 2.45) is 5.73 Å². The molecule has 31 heavy (non-hydrogen) atoms. The summed E-state index contributed by atoms with van der Waals surface area (Å²) in [5.41, 5.74) is 17.6. The predicted octanol–water partition coefficient (Wildman–Crippen LogP) is 2.78. The van der Waals surface area contributed by atoms with Gasteiger partial charge in [-0.3, -0.25) is 0 Å². The number of nitrogens with zero attached hydrogens (tertiary/aromatic N) is 3. The normalized spacial score (nSPS) is 27.0. The molecular formula is C24H33N5O2. The minimum Gasteiger partial charge on any atom is -0.488 e. The minimum absolute atomic E-state index is 0.186. The highest BCUT2D eigenvalue weighted by molar-refractivity contribution is 5.83. The molecule has 1 aromatic heterocycles. The Morgan fingerprint density at radius 1 is 1.13 bits per heavy atom. The van der Waals surface area contributed by atoms with Crippen LogP contribution < -0.4 is 21.1 Å². The SMILES string of the molecule is CC1(C)Cc2c(ccc(OC3CCC(N)CC3)c2N2CCC(O)C2)-c2ncnc(N)c21. The van der Waals surface area contributed by atoms with Gasteiger partial charge >= 0.3 is 0 Å². The smallest absolute Gasteiger partial charge is 0.143 e. The number of aromatic nitrogens is 2. The Kier molecular flexibility index (Phi) is 5.06. The van der Waals surface area contributed by atoms with Crippen molar-refractivity contribution in [2.45, 2.75) is 76.0 Å². The molecule has 0 amide bonds. The summed E-state index contributed by atoms with van der Waals surface area (Å²) in [6, 6.07) is 4.49. The fraction of sp³-hybridized carbons (Fsp3) is 0.583. The molecule has 166 valence electrons. The summed E-state index contributed by atoms with van der Waals surface area (Å²) < 4.78 is 6.59. The van der Waals surface area contributed by atoms with Gasteiger partial charge in [0.05, 0.1) is 23.6 Å². The molecular weight excluding hydrogens is 390 g/mol. The number of nitrogens with two attached hydrogens (primary N) is 2. The summed E-state index contributed by atoms with van der Waals surface area (Å²) in [5.74, 6) is 1.47. The summed E-state index contributed by atoms with van der Waals surface area (Å²) in [7, 11) is 0. The summed E-state index contributed by atoms with van der Waals surface area (Å²) in [6.45, 7) is 5.85. The second-order valence-corrected chi connectivity index (χ2v) is 10.0. The summed E-state index contributed by atoms with van der Waals surface area (Å²) in [5, 5.41) is 10.3. The van der Waals surface area contributed by atoms with Crippen LogP contribution in [0.5, 0.6) is 5.75 Å². The van der Waals surface area contributed by atoms with E-state index in [0.717, 1.165) is 73.3 Å². The van der Waals surface area contributed by atoms with E-state index >= 15 is 0 Å². The third-order valence-corrected chi connectivity index (χ3v) is 7.17. The average Bonchev–Trinajstić information content (AvgIpc) is 3.14. The van der Waals surface area contributed by atoms with Crippen molar-refractivity contribution < 1.29 is 9.84 Å². The first kappa shape index (κ1) is 20.5. The Morgan fingerprint density at radius 2 is 1.90 bits per heavy atom. The number of benzene rings is 1. The van der Waals surface area contributed by atoms with Crippen molar-refractivity contribution in [3.8, 4) is 17.0 Å². The topological polar surface area (TPSA) is 111 Å². The van der Waals surface area contributed by atoms with Gasteiger partial charge in [-0.2, -0.15) is 0 Å². The van der Waals surface area contributed by atoms with Crippen LogP contribution in [0.15, 0.2) is 18.5 Å². The number of β-amino-alcohol motifs (C(OH)–C–C–N with tert-alkyl or cyclic N) is 1. The van der Waals surface area contributed by atoms with Crippen LogP contribution in [0.3, 0.4) is 0 Å². The first-order valence-electron chi connectivity index (χ1n) is 11.5. The third-order valence-electron chi connectivity index (χ3n) is 7.17. The lowest BCUT2D eigenvalue weighted by Crippen LogP contribution is -2.33. The van der Waals surface area contributed by atoms with E-state index in [2.05, 4.69) is 40.8 Å². The molecule has 2 aliphatic carbocycles. The van der Waals surface area contributed by atoms with Crippen LogP contribution in [-0.4, -0.2) is 46.4 Å². The maximum Gasteiger partial charge on any atom is 0.143 e. The van der Waals surface area contributed by atoms with Crippen LogP contribution >= 0.6 is 0 Å². The monoisotopic (exact) mass is 423 g/mol. The van der Waals surface area contributed by atoms with Gasteiger partial charge in [0.2, 0.25) is 0 Å². The number of ether oxygens (including phenoxy) is 1. The van der Waals surface area contributed by atoms with Gasteiger partial charge in [0, 0.05) is 30.3 Å². The lowest BCUT2D eigenvalue weighted by atomic mass is 9.71. The van der Waals surface area contributed by atoms with E-state index in [1.54, 1.807) is 6.33 Å². The fourth-order valence-electron chi connectivity index (χ4n) is 5.59. The molecule has 1 aromatic carbocycles. The van der Waals surface area contributed by atoms with Crippen molar-refractivity contribution in [2.75, 3.05) is 23.7 Å². The first-order valence-corrected chi connectivity index (χ1v) is 11.5. The molecule has 2 aromatic rings. The van der Waals surface area contributed by atoms with Crippen LogP contribution in [0.1, 0.15) is 57.1 Å². The fourth-order valence-corrected chi connectivity index (χ4v) is 5.59. The summed E-state index contributed by atoms with van der Waals surface area (Å²) >= 11 is 0. The number of aliphatic hydroxyl groups excluding tert-OH is 1. The number of hydrogen-bond donors (Lipinski definition) is 3. The van der Waals surface area contributed by atoms with Crippen molar-refractivity contribution in [3.05, 3.63) is 29.6 Å². The Balaban J connectivity index is 1.62. The predicted molar refractivity (Wildman–Crippen MR) is 122 cm³/mol. The standard InChI is InChI=1S/C24H33N5O2/c1-24(2)11-18-17(21-20(24)23(26)28-13-27-21)7-8-19(22(18)29-10-9-15(30)12-29)31-16-5-3-14(25)4-6-16/h7-8,13-16,30H,3-6,9-12,25H2,1-2H3,(H2,26,27,28). The minimum atomic E-state index is -0.307. The van der Waals surface area contributed by atoms with Crippen molar-refractivity contribution in [1.29, 1.82) is 0 Å². The van der Waals surface area contributed by atoms with E-state index in [9.17, 15) is 5.11 Å². The zero-order valence-corrected chi connectivity index (χ0v) is 18.5. The molecule has 2 fully saturated rings. The molecule has 1 saturated heterocycles. The highest BCUT2D eigenvalue weighted by Gasteiger charge is 2.38. The van der Waals surface area contributed by atoms with E-state index in [4.69, 9.17) is 16.2 Å². The second kappa shape index (κ2) is 7.64. The average molecular weight is 424 g/mol. The van der Waals surface area contributed by atoms with Crippen LogP contribution in [0.25, 0.3) is 11.3 Å². The quantitative estimate of drug-likeness (QED) is 0.696. The van der Waals surface area contributed by atoms with Crippen LogP contribution in [0.4, 0.5) is 11.5 Å².